The van der Waals surface area contributed by atoms with Crippen LogP contribution in [0.5, 0.6) is 0 Å². The van der Waals surface area contributed by atoms with Crippen molar-refractivity contribution in [3.8, 4) is 45.0 Å². The van der Waals surface area contributed by atoms with Gasteiger partial charge in [0.25, 0.3) is 0 Å². The first kappa shape index (κ1) is 29.3. The molecular formula is C42H33N3S. The van der Waals surface area contributed by atoms with Crippen LogP contribution in [0.1, 0.15) is 23.9 Å². The van der Waals surface area contributed by atoms with Crippen molar-refractivity contribution in [3.63, 3.8) is 0 Å². The first-order chi connectivity index (χ1) is 22.6. The monoisotopic (exact) mass is 611 g/mol. The van der Waals surface area contributed by atoms with Crippen LogP contribution in [0.15, 0.2) is 133 Å². The van der Waals surface area contributed by atoms with Gasteiger partial charge in [-0.1, -0.05) is 121 Å². The minimum atomic E-state index is 0.632. The zero-order chi connectivity index (χ0) is 31.5. The predicted molar refractivity (Wildman–Crippen MR) is 195 cm³/mol. The summed E-state index contributed by atoms with van der Waals surface area (Å²) in [4.78, 5) is 14.8. The molecule has 0 aliphatic carbocycles. The van der Waals surface area contributed by atoms with Crippen molar-refractivity contribution in [2.24, 2.45) is 0 Å². The third-order valence-electron chi connectivity index (χ3n) is 8.19. The van der Waals surface area contributed by atoms with Crippen LogP contribution in [-0.2, 0) is 0 Å². The Hall–Kier alpha value is -5.45. The Kier molecular flexibility index (Phi) is 8.20. The molecule has 0 saturated carbocycles. The Morgan fingerprint density at radius 3 is 1.85 bits per heavy atom. The van der Waals surface area contributed by atoms with E-state index in [0.29, 0.717) is 17.5 Å². The van der Waals surface area contributed by atoms with Crippen LogP contribution in [0.2, 0.25) is 0 Å². The number of thiophene rings is 1. The van der Waals surface area contributed by atoms with Crippen LogP contribution < -0.4 is 9.75 Å². The number of hydrogen-bond acceptors (Lipinski definition) is 4. The van der Waals surface area contributed by atoms with Gasteiger partial charge in [0.05, 0.1) is 0 Å². The molecule has 2 heterocycles. The average molecular weight is 612 g/mol. The second-order valence-corrected chi connectivity index (χ2v) is 12.4. The molecule has 4 heteroatoms. The van der Waals surface area contributed by atoms with Crippen LogP contribution in [0, 0.1) is 13.8 Å². The number of rotatable bonds is 6. The van der Waals surface area contributed by atoms with Crippen molar-refractivity contribution in [1.82, 2.24) is 15.0 Å². The number of fused-ring (bicyclic) bond motifs is 1. The molecule has 0 radical (unpaired) electrons. The van der Waals surface area contributed by atoms with Crippen molar-refractivity contribution in [2.45, 2.75) is 20.8 Å². The molecule has 0 unspecified atom stereocenters. The summed E-state index contributed by atoms with van der Waals surface area (Å²) in [6, 6.07) is 42.4. The molecule has 0 saturated heterocycles. The second kappa shape index (κ2) is 12.9. The Morgan fingerprint density at radius 1 is 0.565 bits per heavy atom. The van der Waals surface area contributed by atoms with Gasteiger partial charge < -0.3 is 0 Å². The van der Waals surface area contributed by atoms with E-state index in [2.05, 4.69) is 98.8 Å². The van der Waals surface area contributed by atoms with Crippen LogP contribution in [0.25, 0.3) is 67.3 Å². The summed E-state index contributed by atoms with van der Waals surface area (Å²) in [5.41, 5.74) is 9.44. The highest BCUT2D eigenvalue weighted by Gasteiger charge is 2.12. The van der Waals surface area contributed by atoms with E-state index >= 15 is 0 Å². The van der Waals surface area contributed by atoms with Gasteiger partial charge in [-0.15, -0.1) is 11.3 Å². The molecule has 7 aromatic rings. The molecule has 0 fully saturated rings. The number of aryl methyl sites for hydroxylation is 2. The molecule has 222 valence electrons. The van der Waals surface area contributed by atoms with Crippen LogP contribution in [0.4, 0.5) is 0 Å². The number of hydrogen-bond donors (Lipinski definition) is 0. The van der Waals surface area contributed by atoms with Crippen LogP contribution in [-0.4, -0.2) is 15.0 Å². The lowest BCUT2D eigenvalue weighted by Gasteiger charge is -2.12. The highest BCUT2D eigenvalue weighted by atomic mass is 32.1. The highest BCUT2D eigenvalue weighted by Crippen LogP contribution is 2.32. The van der Waals surface area contributed by atoms with E-state index in [-0.39, 0.29) is 0 Å². The summed E-state index contributed by atoms with van der Waals surface area (Å²) < 4.78 is 2.39. The molecule has 3 nitrogen and oxygen atoms in total. The quantitative estimate of drug-likeness (QED) is 0.188. The average Bonchev–Trinajstić information content (AvgIpc) is 3.44. The number of nitrogens with zero attached hydrogens (tertiary/aromatic N) is 3. The molecule has 5 aromatic carbocycles. The lowest BCUT2D eigenvalue weighted by molar-refractivity contribution is 1.04. The summed E-state index contributed by atoms with van der Waals surface area (Å²) in [7, 11) is 0. The predicted octanol–water partition coefficient (Wildman–Crippen LogP) is 9.56. The standard InChI is InChI=1S/C42H33N3S/c1-4-5-20-38-37(27-40-43-41(30-15-8-6-9-16-30)45-42(44-40)31-17-10-7-11-18-31)35-24-23-33(26-39(35)46-38)32-22-21-29(3)36(25-32)34-19-13-12-14-28(34)2/h4-27H,1-3H3/b5-4-,37-27?,38-20+. The topological polar surface area (TPSA) is 38.7 Å². The number of benzene rings is 5. The summed E-state index contributed by atoms with van der Waals surface area (Å²) in [5.74, 6) is 1.95. The molecule has 0 spiro atoms. The van der Waals surface area contributed by atoms with Gasteiger partial charge in [-0.25, -0.2) is 15.0 Å². The Bertz CT molecular complexity index is 2280. The minimum Gasteiger partial charge on any atom is -0.209 e. The Morgan fingerprint density at radius 2 is 1.17 bits per heavy atom. The molecule has 7 rings (SSSR count). The van der Waals surface area contributed by atoms with Gasteiger partial charge >= 0.3 is 0 Å². The summed E-state index contributed by atoms with van der Waals surface area (Å²) in [6.45, 7) is 6.41. The van der Waals surface area contributed by atoms with Crippen molar-refractivity contribution in [2.75, 3.05) is 0 Å². The zero-order valence-electron chi connectivity index (χ0n) is 26.1. The molecule has 0 atom stereocenters. The van der Waals surface area contributed by atoms with E-state index in [1.54, 1.807) is 11.3 Å². The normalized spacial score (nSPS) is 12.4. The van der Waals surface area contributed by atoms with E-state index in [4.69, 9.17) is 15.0 Å². The van der Waals surface area contributed by atoms with Crippen molar-refractivity contribution in [1.29, 1.82) is 0 Å². The molecule has 0 N–H and O–H groups in total. The second-order valence-electron chi connectivity index (χ2n) is 11.3. The highest BCUT2D eigenvalue weighted by molar-refractivity contribution is 7.17. The van der Waals surface area contributed by atoms with Gasteiger partial charge in [0, 0.05) is 31.0 Å². The fraction of sp³-hybridized carbons (Fsp3) is 0.0714. The molecule has 2 aromatic heterocycles. The Labute approximate surface area is 273 Å². The molecular weight excluding hydrogens is 579 g/mol. The van der Waals surface area contributed by atoms with Crippen LogP contribution in [0.3, 0.4) is 0 Å². The minimum absolute atomic E-state index is 0.632. The molecule has 0 amide bonds. The van der Waals surface area contributed by atoms with E-state index < -0.39 is 0 Å². The Balaban J connectivity index is 1.39. The first-order valence-corrected chi connectivity index (χ1v) is 16.3. The maximum atomic E-state index is 4.95. The third kappa shape index (κ3) is 5.95. The van der Waals surface area contributed by atoms with Gasteiger partial charge in [0.1, 0.15) is 0 Å². The third-order valence-corrected chi connectivity index (χ3v) is 9.33. The van der Waals surface area contributed by atoms with Gasteiger partial charge in [0.15, 0.2) is 17.5 Å². The molecule has 46 heavy (non-hydrogen) atoms. The van der Waals surface area contributed by atoms with Crippen molar-refractivity contribution >= 4 is 33.6 Å². The summed E-state index contributed by atoms with van der Waals surface area (Å²) in [6.07, 6.45) is 8.44. The fourth-order valence-electron chi connectivity index (χ4n) is 5.76. The summed E-state index contributed by atoms with van der Waals surface area (Å²) >= 11 is 1.79. The SMILES string of the molecule is C/C=C\C=c1\sc2cc(-c3ccc(C)c(-c4ccccc4C)c3)ccc2c1=Cc1nc(-c2ccccc2)nc(-c2ccccc2)n1. The van der Waals surface area contributed by atoms with E-state index in [1.807, 2.05) is 67.6 Å². The van der Waals surface area contributed by atoms with Crippen LogP contribution >= 0.6 is 11.3 Å². The zero-order valence-corrected chi connectivity index (χ0v) is 26.9. The smallest absolute Gasteiger partial charge is 0.164 e. The molecule has 0 aliphatic heterocycles. The molecule has 0 aliphatic rings. The van der Waals surface area contributed by atoms with Gasteiger partial charge in [0.2, 0.25) is 0 Å². The lowest BCUT2D eigenvalue weighted by Crippen LogP contribution is -2.19. The summed E-state index contributed by atoms with van der Waals surface area (Å²) in [5, 5.41) is 2.29. The maximum Gasteiger partial charge on any atom is 0.164 e. The van der Waals surface area contributed by atoms with Crippen molar-refractivity contribution < 1.29 is 0 Å². The van der Waals surface area contributed by atoms with Gasteiger partial charge in [-0.05, 0) is 78.4 Å². The largest absolute Gasteiger partial charge is 0.209 e. The maximum absolute atomic E-state index is 4.95. The van der Waals surface area contributed by atoms with E-state index in [9.17, 15) is 0 Å². The van der Waals surface area contributed by atoms with E-state index in [1.165, 1.54) is 43.5 Å². The van der Waals surface area contributed by atoms with Crippen molar-refractivity contribution in [3.05, 3.63) is 160 Å². The van der Waals surface area contributed by atoms with E-state index in [0.717, 1.165) is 20.9 Å². The lowest BCUT2D eigenvalue weighted by atomic mass is 9.93. The number of allylic oxidation sites excluding steroid dienone is 2. The van der Waals surface area contributed by atoms with Gasteiger partial charge in [-0.2, -0.15) is 0 Å². The number of aromatic nitrogens is 3. The van der Waals surface area contributed by atoms with Gasteiger partial charge in [-0.3, -0.25) is 0 Å². The first-order valence-electron chi connectivity index (χ1n) is 15.5. The molecule has 0 bridgehead atoms. The fourth-order valence-corrected chi connectivity index (χ4v) is 6.89.